The summed E-state index contributed by atoms with van der Waals surface area (Å²) in [6, 6.07) is 10.2. The van der Waals surface area contributed by atoms with Gasteiger partial charge in [-0.3, -0.25) is 0 Å². The van der Waals surface area contributed by atoms with Gasteiger partial charge in [0.2, 0.25) is 0 Å². The highest BCUT2D eigenvalue weighted by Gasteiger charge is 2.20. The second-order valence-corrected chi connectivity index (χ2v) is 5.48. The number of benzene rings is 1. The molecular weight excluding hydrogens is 268 g/mol. The molecule has 0 saturated heterocycles. The molecule has 0 aliphatic heterocycles. The number of fused-ring (bicyclic) bond motifs is 1. The molecule has 0 spiro atoms. The Morgan fingerprint density at radius 3 is 2.36 bits per heavy atom. The highest BCUT2D eigenvalue weighted by Crippen LogP contribution is 2.32. The van der Waals surface area contributed by atoms with E-state index in [2.05, 4.69) is 61.6 Å². The Kier molecular flexibility index (Phi) is 6.92. The minimum Gasteiger partial charge on any atom is -0.377 e. The molecule has 0 aromatic heterocycles. The van der Waals surface area contributed by atoms with Gasteiger partial charge in [0.25, 0.3) is 0 Å². The van der Waals surface area contributed by atoms with Crippen molar-refractivity contribution in [3.63, 3.8) is 0 Å². The molecule has 1 heteroatoms. The summed E-state index contributed by atoms with van der Waals surface area (Å²) in [4.78, 5) is 0. The Balaban J connectivity index is 0.000000164. The Morgan fingerprint density at radius 1 is 0.909 bits per heavy atom. The summed E-state index contributed by atoms with van der Waals surface area (Å²) in [5.74, 6) is 1.26. The SMILES string of the molecule is CCC1=CC=CC2C=CC=CC12.CCOCc1ccccc1. The molecule has 0 fully saturated rings. The van der Waals surface area contributed by atoms with Gasteiger partial charge < -0.3 is 4.74 Å². The van der Waals surface area contributed by atoms with E-state index in [1.54, 1.807) is 5.57 Å². The van der Waals surface area contributed by atoms with E-state index in [4.69, 9.17) is 4.74 Å². The molecule has 22 heavy (non-hydrogen) atoms. The zero-order valence-electron chi connectivity index (χ0n) is 13.6. The van der Waals surface area contributed by atoms with Gasteiger partial charge in [0.1, 0.15) is 0 Å². The fourth-order valence-corrected chi connectivity index (χ4v) is 2.75. The minimum atomic E-state index is 0.620. The highest BCUT2D eigenvalue weighted by atomic mass is 16.5. The summed E-state index contributed by atoms with van der Waals surface area (Å²) in [6.07, 6.45) is 16.8. The first kappa shape index (κ1) is 16.5. The van der Waals surface area contributed by atoms with Gasteiger partial charge in [-0.25, -0.2) is 0 Å². The zero-order valence-corrected chi connectivity index (χ0v) is 13.6. The average Bonchev–Trinajstić information content (AvgIpc) is 2.61. The molecule has 0 N–H and O–H groups in total. The monoisotopic (exact) mass is 294 g/mol. The lowest BCUT2D eigenvalue weighted by Gasteiger charge is -2.26. The first-order valence-electron chi connectivity index (χ1n) is 8.19. The zero-order chi connectivity index (χ0) is 15.6. The maximum Gasteiger partial charge on any atom is 0.0716 e. The van der Waals surface area contributed by atoms with Gasteiger partial charge in [0.15, 0.2) is 0 Å². The van der Waals surface area contributed by atoms with Crippen LogP contribution in [-0.2, 0) is 11.3 Å². The first-order valence-corrected chi connectivity index (χ1v) is 8.19. The van der Waals surface area contributed by atoms with Crippen LogP contribution in [0.1, 0.15) is 25.8 Å². The van der Waals surface area contributed by atoms with E-state index in [1.807, 2.05) is 25.1 Å². The summed E-state index contributed by atoms with van der Waals surface area (Å²) >= 11 is 0. The summed E-state index contributed by atoms with van der Waals surface area (Å²) < 4.78 is 5.22. The number of rotatable bonds is 4. The molecule has 0 heterocycles. The van der Waals surface area contributed by atoms with Crippen molar-refractivity contribution >= 4 is 0 Å². The van der Waals surface area contributed by atoms with Crippen molar-refractivity contribution in [3.05, 3.63) is 84.0 Å². The van der Waals surface area contributed by atoms with Crippen LogP contribution in [0.25, 0.3) is 0 Å². The molecule has 2 unspecified atom stereocenters. The first-order chi connectivity index (χ1) is 10.8. The van der Waals surface area contributed by atoms with E-state index in [0.717, 1.165) is 13.2 Å². The second-order valence-electron chi connectivity index (χ2n) is 5.48. The van der Waals surface area contributed by atoms with Gasteiger partial charge in [-0.15, -0.1) is 0 Å². The summed E-state index contributed by atoms with van der Waals surface area (Å²) in [5.41, 5.74) is 2.80. The summed E-state index contributed by atoms with van der Waals surface area (Å²) in [6.45, 7) is 5.75. The second kappa shape index (κ2) is 9.22. The predicted molar refractivity (Wildman–Crippen MR) is 94.5 cm³/mol. The number of allylic oxidation sites excluding steroid dienone is 8. The van der Waals surface area contributed by atoms with Gasteiger partial charge in [-0.05, 0) is 18.9 Å². The Morgan fingerprint density at radius 2 is 1.64 bits per heavy atom. The van der Waals surface area contributed by atoms with E-state index in [9.17, 15) is 0 Å². The molecule has 0 amide bonds. The fourth-order valence-electron chi connectivity index (χ4n) is 2.75. The molecule has 1 nitrogen and oxygen atoms in total. The van der Waals surface area contributed by atoms with Crippen molar-refractivity contribution in [2.75, 3.05) is 6.61 Å². The Labute approximate surface area is 134 Å². The predicted octanol–water partition coefficient (Wildman–Crippen LogP) is 5.47. The number of hydrogen-bond donors (Lipinski definition) is 0. The minimum absolute atomic E-state index is 0.620. The molecule has 2 atom stereocenters. The van der Waals surface area contributed by atoms with Crippen molar-refractivity contribution in [1.29, 1.82) is 0 Å². The molecule has 0 bridgehead atoms. The van der Waals surface area contributed by atoms with Crippen molar-refractivity contribution in [2.24, 2.45) is 11.8 Å². The number of hydrogen-bond acceptors (Lipinski definition) is 1. The largest absolute Gasteiger partial charge is 0.377 e. The normalized spacial score (nSPS) is 21.6. The van der Waals surface area contributed by atoms with Crippen LogP contribution in [0.2, 0.25) is 0 Å². The van der Waals surface area contributed by atoms with E-state index < -0.39 is 0 Å². The van der Waals surface area contributed by atoms with Crippen molar-refractivity contribution in [2.45, 2.75) is 26.9 Å². The van der Waals surface area contributed by atoms with E-state index >= 15 is 0 Å². The maximum atomic E-state index is 5.22. The molecule has 0 saturated carbocycles. The van der Waals surface area contributed by atoms with E-state index in [1.165, 1.54) is 12.0 Å². The lowest BCUT2D eigenvalue weighted by atomic mass is 9.79. The Hall–Kier alpha value is -1.86. The van der Waals surface area contributed by atoms with E-state index in [0.29, 0.717) is 11.8 Å². The lowest BCUT2D eigenvalue weighted by molar-refractivity contribution is 0.134. The third-order valence-corrected chi connectivity index (χ3v) is 3.97. The molecule has 2 aliphatic rings. The lowest BCUT2D eigenvalue weighted by Crippen LogP contribution is -2.15. The fraction of sp³-hybridized carbons (Fsp3) is 0.333. The van der Waals surface area contributed by atoms with Crippen LogP contribution in [-0.4, -0.2) is 6.61 Å². The molecule has 1 aromatic rings. The third kappa shape index (κ3) is 4.85. The van der Waals surface area contributed by atoms with Crippen molar-refractivity contribution in [3.8, 4) is 0 Å². The van der Waals surface area contributed by atoms with Gasteiger partial charge in [-0.2, -0.15) is 0 Å². The van der Waals surface area contributed by atoms with Crippen LogP contribution in [0.3, 0.4) is 0 Å². The number of ether oxygens (including phenoxy) is 1. The van der Waals surface area contributed by atoms with Gasteiger partial charge in [-0.1, -0.05) is 85.4 Å². The van der Waals surface area contributed by atoms with Gasteiger partial charge in [0.05, 0.1) is 6.61 Å². The maximum absolute atomic E-state index is 5.22. The molecule has 3 rings (SSSR count). The average molecular weight is 294 g/mol. The van der Waals surface area contributed by atoms with Crippen molar-refractivity contribution < 1.29 is 4.74 Å². The quantitative estimate of drug-likeness (QED) is 0.715. The topological polar surface area (TPSA) is 9.23 Å². The standard InChI is InChI=1S/C12H14.C9H12O/c1-2-10-7-5-8-11-6-3-4-9-12(10)11;1-2-10-8-9-6-4-3-5-7-9/h3-9,11-12H,2H2,1H3;3-7H,2,8H2,1H3. The van der Waals surface area contributed by atoms with Crippen LogP contribution >= 0.6 is 0 Å². The third-order valence-electron chi connectivity index (χ3n) is 3.97. The van der Waals surface area contributed by atoms with Crippen LogP contribution < -0.4 is 0 Å². The van der Waals surface area contributed by atoms with Crippen LogP contribution in [0.4, 0.5) is 0 Å². The molecule has 1 aromatic carbocycles. The highest BCUT2D eigenvalue weighted by molar-refractivity contribution is 5.33. The molecule has 2 aliphatic carbocycles. The van der Waals surface area contributed by atoms with E-state index in [-0.39, 0.29) is 0 Å². The molecule has 116 valence electrons. The molecule has 0 radical (unpaired) electrons. The summed E-state index contributed by atoms with van der Waals surface area (Å²) in [7, 11) is 0. The smallest absolute Gasteiger partial charge is 0.0716 e. The van der Waals surface area contributed by atoms with Crippen LogP contribution in [0, 0.1) is 11.8 Å². The van der Waals surface area contributed by atoms with Gasteiger partial charge in [0, 0.05) is 18.4 Å². The van der Waals surface area contributed by atoms with Crippen LogP contribution in [0.5, 0.6) is 0 Å². The molecular formula is C21H26O. The van der Waals surface area contributed by atoms with Crippen molar-refractivity contribution in [1.82, 2.24) is 0 Å². The Bertz CT molecular complexity index is 549. The summed E-state index contributed by atoms with van der Waals surface area (Å²) in [5, 5.41) is 0. The van der Waals surface area contributed by atoms with Gasteiger partial charge >= 0.3 is 0 Å². The van der Waals surface area contributed by atoms with Crippen LogP contribution in [0.15, 0.2) is 78.4 Å².